The number of sulfone groups is 1. The van der Waals surface area contributed by atoms with Gasteiger partial charge in [0.25, 0.3) is 0 Å². The van der Waals surface area contributed by atoms with E-state index in [4.69, 9.17) is 0 Å². The van der Waals surface area contributed by atoms with Crippen molar-refractivity contribution in [3.63, 3.8) is 0 Å². The fourth-order valence-electron chi connectivity index (χ4n) is 1.99. The first kappa shape index (κ1) is 17.0. The molecule has 0 radical (unpaired) electrons. The number of carbonyl (C=O) groups excluding carboxylic acids is 1. The van der Waals surface area contributed by atoms with E-state index in [1.807, 2.05) is 6.07 Å². The number of hydrogen-bond donors (Lipinski definition) is 1. The van der Waals surface area contributed by atoms with Crippen molar-refractivity contribution in [2.45, 2.75) is 5.75 Å². The van der Waals surface area contributed by atoms with Crippen molar-refractivity contribution < 1.29 is 13.2 Å². The second-order valence-electron chi connectivity index (χ2n) is 5.15. The number of carbonyl (C=O) groups is 1. The van der Waals surface area contributed by atoms with Gasteiger partial charge in [0, 0.05) is 31.4 Å². The third-order valence-electron chi connectivity index (χ3n) is 3.09. The van der Waals surface area contributed by atoms with Crippen LogP contribution in [0.15, 0.2) is 48.8 Å². The molecule has 23 heavy (non-hydrogen) atoms. The van der Waals surface area contributed by atoms with E-state index in [-0.39, 0.29) is 24.0 Å². The van der Waals surface area contributed by atoms with Gasteiger partial charge >= 0.3 is 0 Å². The number of benzene rings is 1. The summed E-state index contributed by atoms with van der Waals surface area (Å²) in [6.45, 7) is 0.0887. The highest BCUT2D eigenvalue weighted by atomic mass is 32.2. The molecular weight excluding hydrogens is 314 g/mol. The fraction of sp³-hybridized carbons (Fsp3) is 0.250. The molecule has 1 heterocycles. The molecule has 2 rings (SSSR count). The van der Waals surface area contributed by atoms with Crippen LogP contribution in [0.3, 0.4) is 0 Å². The van der Waals surface area contributed by atoms with Gasteiger partial charge in [-0.25, -0.2) is 8.42 Å². The Morgan fingerprint density at radius 2 is 2.04 bits per heavy atom. The zero-order valence-electron chi connectivity index (χ0n) is 12.8. The molecular formula is C16H19N3O3S. The molecule has 0 saturated carbocycles. The standard InChI is InChI=1S/C16H19N3O3S/c1-19-12-15(11-18-19)7-8-16(20)17-9-10-23(21,22)13-14-5-3-2-4-6-14/h2-8,11-12H,9-10,13H2,1H3,(H,17,20). The van der Waals surface area contributed by atoms with Gasteiger partial charge in [0.2, 0.25) is 5.91 Å². The van der Waals surface area contributed by atoms with Gasteiger partial charge in [-0.05, 0) is 11.6 Å². The van der Waals surface area contributed by atoms with Crippen LogP contribution in [0.4, 0.5) is 0 Å². The Morgan fingerprint density at radius 1 is 1.30 bits per heavy atom. The molecule has 0 unspecified atom stereocenters. The first-order chi connectivity index (χ1) is 10.9. The summed E-state index contributed by atoms with van der Waals surface area (Å²) in [6.07, 6.45) is 6.39. The third-order valence-corrected chi connectivity index (χ3v) is 4.69. The Morgan fingerprint density at radius 3 is 2.70 bits per heavy atom. The molecule has 1 aromatic heterocycles. The summed E-state index contributed by atoms with van der Waals surface area (Å²) < 4.78 is 25.6. The van der Waals surface area contributed by atoms with Crippen molar-refractivity contribution in [2.75, 3.05) is 12.3 Å². The van der Waals surface area contributed by atoms with Crippen LogP contribution in [0.1, 0.15) is 11.1 Å². The fourth-order valence-corrected chi connectivity index (χ4v) is 3.24. The van der Waals surface area contributed by atoms with E-state index in [2.05, 4.69) is 10.4 Å². The lowest BCUT2D eigenvalue weighted by atomic mass is 10.2. The summed E-state index contributed by atoms with van der Waals surface area (Å²) in [5.41, 5.74) is 1.55. The lowest BCUT2D eigenvalue weighted by molar-refractivity contribution is -0.116. The van der Waals surface area contributed by atoms with Crippen molar-refractivity contribution in [1.82, 2.24) is 15.1 Å². The number of aromatic nitrogens is 2. The monoisotopic (exact) mass is 333 g/mol. The van der Waals surface area contributed by atoms with Crippen molar-refractivity contribution in [2.24, 2.45) is 7.05 Å². The maximum atomic E-state index is 12.0. The Labute approximate surface area is 135 Å². The van der Waals surface area contributed by atoms with Crippen LogP contribution in [0, 0.1) is 0 Å². The lowest BCUT2D eigenvalue weighted by Crippen LogP contribution is -2.28. The molecule has 2 aromatic rings. The SMILES string of the molecule is Cn1cc(C=CC(=O)NCCS(=O)(=O)Cc2ccccc2)cn1. The molecule has 0 bridgehead atoms. The third kappa shape index (κ3) is 6.07. The van der Waals surface area contributed by atoms with E-state index in [1.54, 1.807) is 54.5 Å². The quantitative estimate of drug-likeness (QED) is 0.771. The topological polar surface area (TPSA) is 81.1 Å². The highest BCUT2D eigenvalue weighted by molar-refractivity contribution is 7.90. The van der Waals surface area contributed by atoms with Crippen LogP contribution in [0.5, 0.6) is 0 Å². The number of amides is 1. The molecule has 7 heteroatoms. The summed E-state index contributed by atoms with van der Waals surface area (Å²) in [5.74, 6) is -0.437. The second kappa shape index (κ2) is 7.73. The average Bonchev–Trinajstić information content (AvgIpc) is 2.91. The van der Waals surface area contributed by atoms with Gasteiger partial charge in [-0.1, -0.05) is 30.3 Å². The van der Waals surface area contributed by atoms with Crippen LogP contribution in [0.25, 0.3) is 6.08 Å². The van der Waals surface area contributed by atoms with Crippen molar-refractivity contribution in [1.29, 1.82) is 0 Å². The molecule has 0 spiro atoms. The Balaban J connectivity index is 1.77. The van der Waals surface area contributed by atoms with E-state index in [1.165, 1.54) is 6.08 Å². The number of nitrogens with zero attached hydrogens (tertiary/aromatic N) is 2. The number of nitrogens with one attached hydrogen (secondary N) is 1. The van der Waals surface area contributed by atoms with Crippen LogP contribution in [-0.4, -0.2) is 36.4 Å². The highest BCUT2D eigenvalue weighted by Crippen LogP contribution is 2.05. The first-order valence-corrected chi connectivity index (χ1v) is 8.96. The van der Waals surface area contributed by atoms with Gasteiger partial charge < -0.3 is 5.32 Å². The smallest absolute Gasteiger partial charge is 0.244 e. The normalized spacial score (nSPS) is 11.7. The van der Waals surface area contributed by atoms with Gasteiger partial charge in [0.15, 0.2) is 9.84 Å². The Bertz CT molecular complexity index is 780. The summed E-state index contributed by atoms with van der Waals surface area (Å²) in [4.78, 5) is 11.6. The molecule has 0 atom stereocenters. The highest BCUT2D eigenvalue weighted by Gasteiger charge is 2.11. The maximum absolute atomic E-state index is 12.0. The zero-order valence-corrected chi connectivity index (χ0v) is 13.7. The van der Waals surface area contributed by atoms with Gasteiger partial charge in [-0.15, -0.1) is 0 Å². The van der Waals surface area contributed by atoms with Gasteiger partial charge in [-0.2, -0.15) is 5.10 Å². The number of aryl methyl sites for hydroxylation is 1. The first-order valence-electron chi connectivity index (χ1n) is 7.13. The minimum atomic E-state index is -3.25. The minimum absolute atomic E-state index is 0.0186. The predicted octanol–water partition coefficient (Wildman–Crippen LogP) is 1.16. The van der Waals surface area contributed by atoms with Crippen molar-refractivity contribution in [3.8, 4) is 0 Å². The predicted molar refractivity (Wildman–Crippen MR) is 89.2 cm³/mol. The molecule has 0 fully saturated rings. The zero-order chi connectivity index (χ0) is 16.7. The van der Waals surface area contributed by atoms with E-state index < -0.39 is 9.84 Å². The minimum Gasteiger partial charge on any atom is -0.352 e. The molecule has 1 N–H and O–H groups in total. The van der Waals surface area contributed by atoms with Crippen LogP contribution in [-0.2, 0) is 27.4 Å². The number of rotatable bonds is 7. The summed E-state index contributed by atoms with van der Waals surface area (Å²) >= 11 is 0. The maximum Gasteiger partial charge on any atom is 0.244 e. The second-order valence-corrected chi connectivity index (χ2v) is 7.33. The Hall–Kier alpha value is -2.41. The Kier molecular flexibility index (Phi) is 5.70. The van der Waals surface area contributed by atoms with Gasteiger partial charge in [0.1, 0.15) is 0 Å². The van der Waals surface area contributed by atoms with Gasteiger partial charge in [0.05, 0.1) is 17.7 Å². The largest absolute Gasteiger partial charge is 0.352 e. The molecule has 6 nitrogen and oxygen atoms in total. The van der Waals surface area contributed by atoms with Crippen molar-refractivity contribution in [3.05, 3.63) is 59.9 Å². The van der Waals surface area contributed by atoms with E-state index in [0.29, 0.717) is 0 Å². The van der Waals surface area contributed by atoms with Crippen LogP contribution < -0.4 is 5.32 Å². The number of hydrogen-bond acceptors (Lipinski definition) is 4. The van der Waals surface area contributed by atoms with E-state index in [0.717, 1.165) is 11.1 Å². The molecule has 1 aromatic carbocycles. The molecule has 122 valence electrons. The summed E-state index contributed by atoms with van der Waals surface area (Å²) in [5, 5.41) is 6.55. The van der Waals surface area contributed by atoms with E-state index in [9.17, 15) is 13.2 Å². The molecule has 1 amide bonds. The molecule has 0 aliphatic heterocycles. The molecule has 0 aliphatic rings. The van der Waals surface area contributed by atoms with Gasteiger partial charge in [-0.3, -0.25) is 9.48 Å². The lowest BCUT2D eigenvalue weighted by Gasteiger charge is -2.05. The summed E-state index contributed by atoms with van der Waals surface area (Å²) in [7, 11) is -1.46. The average molecular weight is 333 g/mol. The molecule has 0 aliphatic carbocycles. The summed E-state index contributed by atoms with van der Waals surface area (Å²) in [6, 6.07) is 8.98. The van der Waals surface area contributed by atoms with E-state index >= 15 is 0 Å². The molecule has 0 saturated heterocycles. The van der Waals surface area contributed by atoms with Crippen LogP contribution in [0.2, 0.25) is 0 Å². The van der Waals surface area contributed by atoms with Crippen LogP contribution >= 0.6 is 0 Å². The van der Waals surface area contributed by atoms with Crippen molar-refractivity contribution >= 4 is 21.8 Å².